The molecule has 7 nitrogen and oxygen atoms in total. The monoisotopic (exact) mass is 318 g/mol. The molecule has 2 aromatic rings. The van der Waals surface area contributed by atoms with Crippen LogP contribution in [0.1, 0.15) is 31.1 Å². The number of fused-ring (bicyclic) bond motifs is 1. The Bertz CT molecular complexity index is 677. The minimum absolute atomic E-state index is 0.00939. The Morgan fingerprint density at radius 1 is 1.26 bits per heavy atom. The van der Waals surface area contributed by atoms with Crippen molar-refractivity contribution in [3.8, 4) is 0 Å². The molecule has 2 N–H and O–H groups in total. The lowest BCUT2D eigenvalue weighted by Gasteiger charge is -2.33. The van der Waals surface area contributed by atoms with Gasteiger partial charge >= 0.3 is 0 Å². The number of imidazole rings is 1. The molecule has 0 unspecified atom stereocenters. The Labute approximate surface area is 134 Å². The predicted octanol–water partition coefficient (Wildman–Crippen LogP) is 0.512. The first-order valence-corrected chi connectivity index (χ1v) is 8.06. The van der Waals surface area contributed by atoms with Crippen molar-refractivity contribution in [1.82, 2.24) is 19.4 Å². The lowest BCUT2D eigenvalue weighted by Crippen LogP contribution is -2.39. The first-order chi connectivity index (χ1) is 11.2. The van der Waals surface area contributed by atoms with Crippen molar-refractivity contribution in [2.24, 2.45) is 0 Å². The fourth-order valence-corrected chi connectivity index (χ4v) is 3.26. The van der Waals surface area contributed by atoms with Crippen LogP contribution in [0.4, 0.5) is 0 Å². The molecule has 0 aliphatic carbocycles. The number of aliphatic hydroxyl groups excluding tert-OH is 2. The molecular weight excluding hydrogens is 296 g/mol. The van der Waals surface area contributed by atoms with E-state index in [2.05, 4.69) is 14.5 Å². The van der Waals surface area contributed by atoms with E-state index in [1.165, 1.54) is 0 Å². The Kier molecular flexibility index (Phi) is 4.88. The van der Waals surface area contributed by atoms with Gasteiger partial charge in [-0.25, -0.2) is 9.97 Å². The lowest BCUT2D eigenvalue weighted by molar-refractivity contribution is -0.133. The van der Waals surface area contributed by atoms with Crippen LogP contribution in [0.15, 0.2) is 18.3 Å². The topological polar surface area (TPSA) is 91.5 Å². The zero-order valence-electron chi connectivity index (χ0n) is 13.1. The van der Waals surface area contributed by atoms with Crippen molar-refractivity contribution < 1.29 is 15.0 Å². The predicted molar refractivity (Wildman–Crippen MR) is 84.9 cm³/mol. The average Bonchev–Trinajstić information content (AvgIpc) is 2.93. The van der Waals surface area contributed by atoms with Crippen LogP contribution >= 0.6 is 0 Å². The van der Waals surface area contributed by atoms with Crippen molar-refractivity contribution in [3.05, 3.63) is 24.2 Å². The largest absolute Gasteiger partial charge is 0.396 e. The fraction of sp³-hybridized carbons (Fsp3) is 0.562. The third-order valence-corrected chi connectivity index (χ3v) is 4.37. The van der Waals surface area contributed by atoms with Crippen LogP contribution in [0, 0.1) is 0 Å². The quantitative estimate of drug-likeness (QED) is 0.838. The molecule has 1 fully saturated rings. The summed E-state index contributed by atoms with van der Waals surface area (Å²) in [7, 11) is 0. The fourth-order valence-electron chi connectivity index (χ4n) is 3.26. The summed E-state index contributed by atoms with van der Waals surface area (Å²) in [4.78, 5) is 22.7. The standard InChI is InChI=1S/C16H22N4O3/c21-10-5-14-18-13-2-1-7-17-16(13)20(14)12-3-8-19(9-4-12)15(23)6-11-22/h1-2,7,12,21-22H,3-6,8-11H2. The van der Waals surface area contributed by atoms with Crippen LogP contribution in [0.2, 0.25) is 0 Å². The average molecular weight is 318 g/mol. The van der Waals surface area contributed by atoms with Crippen molar-refractivity contribution in [1.29, 1.82) is 0 Å². The molecule has 0 saturated carbocycles. The van der Waals surface area contributed by atoms with Crippen molar-refractivity contribution >= 4 is 17.1 Å². The normalized spacial score (nSPS) is 16.2. The van der Waals surface area contributed by atoms with Crippen molar-refractivity contribution in [3.63, 3.8) is 0 Å². The van der Waals surface area contributed by atoms with E-state index in [1.807, 2.05) is 17.0 Å². The molecule has 0 bridgehead atoms. The maximum Gasteiger partial charge on any atom is 0.224 e. The van der Waals surface area contributed by atoms with Gasteiger partial charge in [0.15, 0.2) is 5.65 Å². The molecule has 23 heavy (non-hydrogen) atoms. The SMILES string of the molecule is O=C(CCO)N1CCC(n2c(CCO)nc3cccnc32)CC1. The van der Waals surface area contributed by atoms with Crippen LogP contribution in [-0.2, 0) is 11.2 Å². The molecule has 124 valence electrons. The van der Waals surface area contributed by atoms with Gasteiger partial charge in [0.25, 0.3) is 0 Å². The number of aliphatic hydroxyl groups is 2. The number of hydrogen-bond donors (Lipinski definition) is 2. The summed E-state index contributed by atoms with van der Waals surface area (Å²) in [6.07, 6.45) is 4.11. The molecule has 3 rings (SSSR count). The van der Waals surface area contributed by atoms with Crippen LogP contribution in [0.25, 0.3) is 11.2 Å². The molecule has 0 radical (unpaired) electrons. The van der Waals surface area contributed by atoms with Crippen molar-refractivity contribution in [2.45, 2.75) is 31.7 Å². The second kappa shape index (κ2) is 7.06. The van der Waals surface area contributed by atoms with Crippen LogP contribution < -0.4 is 0 Å². The Hall–Kier alpha value is -1.99. The lowest BCUT2D eigenvalue weighted by atomic mass is 10.0. The molecular formula is C16H22N4O3. The smallest absolute Gasteiger partial charge is 0.224 e. The van der Waals surface area contributed by atoms with E-state index in [9.17, 15) is 9.90 Å². The molecule has 0 atom stereocenters. The van der Waals surface area contributed by atoms with Gasteiger partial charge in [-0.3, -0.25) is 4.79 Å². The maximum absolute atomic E-state index is 11.9. The highest BCUT2D eigenvalue weighted by molar-refractivity contribution is 5.76. The molecule has 1 amide bonds. The molecule has 2 aromatic heterocycles. The molecule has 7 heteroatoms. The van der Waals surface area contributed by atoms with Crippen LogP contribution in [0.3, 0.4) is 0 Å². The van der Waals surface area contributed by atoms with Gasteiger partial charge in [0.1, 0.15) is 11.3 Å². The summed E-state index contributed by atoms with van der Waals surface area (Å²) in [5, 5.41) is 18.2. The maximum atomic E-state index is 11.9. The summed E-state index contributed by atoms with van der Waals surface area (Å²) >= 11 is 0. The number of amides is 1. The molecule has 3 heterocycles. The van der Waals surface area contributed by atoms with Gasteiger partial charge in [-0.15, -0.1) is 0 Å². The molecule has 0 spiro atoms. The van der Waals surface area contributed by atoms with Gasteiger partial charge in [0, 0.05) is 38.2 Å². The van der Waals surface area contributed by atoms with E-state index >= 15 is 0 Å². The highest BCUT2D eigenvalue weighted by Gasteiger charge is 2.26. The Morgan fingerprint density at radius 3 is 2.74 bits per heavy atom. The van der Waals surface area contributed by atoms with Gasteiger partial charge in [-0.05, 0) is 25.0 Å². The summed E-state index contributed by atoms with van der Waals surface area (Å²) < 4.78 is 2.12. The highest BCUT2D eigenvalue weighted by Crippen LogP contribution is 2.28. The highest BCUT2D eigenvalue weighted by atomic mass is 16.3. The number of aromatic nitrogens is 3. The second-order valence-corrected chi connectivity index (χ2v) is 5.80. The minimum Gasteiger partial charge on any atom is -0.396 e. The van der Waals surface area contributed by atoms with Gasteiger partial charge in [0.05, 0.1) is 13.2 Å². The van der Waals surface area contributed by atoms with Gasteiger partial charge in [-0.2, -0.15) is 0 Å². The first-order valence-electron chi connectivity index (χ1n) is 8.06. The van der Waals surface area contributed by atoms with E-state index in [1.54, 1.807) is 6.20 Å². The summed E-state index contributed by atoms with van der Waals surface area (Å²) in [6.45, 7) is 1.30. The number of likely N-dealkylation sites (tertiary alicyclic amines) is 1. The Balaban J connectivity index is 1.81. The number of carbonyl (C=O) groups excluding carboxylic acids is 1. The van der Waals surface area contributed by atoms with Gasteiger partial charge in [-0.1, -0.05) is 0 Å². The number of rotatable bonds is 5. The summed E-state index contributed by atoms with van der Waals surface area (Å²) in [5.74, 6) is 0.858. The molecule has 1 aliphatic heterocycles. The van der Waals surface area contributed by atoms with Crippen molar-refractivity contribution in [2.75, 3.05) is 26.3 Å². The van der Waals surface area contributed by atoms with Gasteiger partial charge < -0.3 is 19.7 Å². The third-order valence-electron chi connectivity index (χ3n) is 4.37. The minimum atomic E-state index is -0.102. The molecule has 1 aliphatic rings. The van der Waals surface area contributed by atoms with Gasteiger partial charge in [0.2, 0.25) is 5.91 Å². The zero-order valence-corrected chi connectivity index (χ0v) is 13.1. The van der Waals surface area contributed by atoms with Crippen LogP contribution in [-0.4, -0.2) is 61.9 Å². The summed E-state index contributed by atoms with van der Waals surface area (Å²) in [6, 6.07) is 4.02. The molecule has 0 aromatic carbocycles. The van der Waals surface area contributed by atoms with E-state index in [-0.39, 0.29) is 31.6 Å². The van der Waals surface area contributed by atoms with E-state index in [0.717, 1.165) is 29.8 Å². The van der Waals surface area contributed by atoms with E-state index < -0.39 is 0 Å². The summed E-state index contributed by atoms with van der Waals surface area (Å²) in [5.41, 5.74) is 1.69. The second-order valence-electron chi connectivity index (χ2n) is 5.80. The van der Waals surface area contributed by atoms with Crippen LogP contribution in [0.5, 0.6) is 0 Å². The number of hydrogen-bond acceptors (Lipinski definition) is 5. The Morgan fingerprint density at radius 2 is 2.04 bits per heavy atom. The number of pyridine rings is 1. The number of carbonyl (C=O) groups is 1. The van der Waals surface area contributed by atoms with E-state index in [0.29, 0.717) is 19.5 Å². The zero-order chi connectivity index (χ0) is 16.2. The first kappa shape index (κ1) is 15.9. The molecule has 1 saturated heterocycles. The van der Waals surface area contributed by atoms with E-state index in [4.69, 9.17) is 5.11 Å². The third kappa shape index (κ3) is 3.20. The number of nitrogens with zero attached hydrogens (tertiary/aromatic N) is 4. The number of piperidine rings is 1.